The molecule has 2 heteroatoms. The molecule has 0 N–H and O–H groups in total. The van der Waals surface area contributed by atoms with Gasteiger partial charge in [-0.3, -0.25) is 0 Å². The van der Waals surface area contributed by atoms with Crippen LogP contribution in [0.3, 0.4) is 0 Å². The summed E-state index contributed by atoms with van der Waals surface area (Å²) in [5.74, 6) is 3.28. The maximum Gasteiger partial charge on any atom is 0.118 e. The highest BCUT2D eigenvalue weighted by Crippen LogP contribution is 2.53. The van der Waals surface area contributed by atoms with Crippen LogP contribution in [-0.2, 0) is 0 Å². The van der Waals surface area contributed by atoms with Gasteiger partial charge in [-0.2, -0.15) is 0 Å². The fraction of sp³-hybridized carbons (Fsp3) is 0.364. The molecular formula is C22H24O2. The van der Waals surface area contributed by atoms with E-state index in [1.807, 2.05) is 0 Å². The number of methoxy groups -OCH3 is 2. The van der Waals surface area contributed by atoms with Gasteiger partial charge in [0.05, 0.1) is 14.2 Å². The minimum absolute atomic E-state index is 0.719. The van der Waals surface area contributed by atoms with Crippen molar-refractivity contribution in [2.45, 2.75) is 25.7 Å². The Balaban J connectivity index is 1.80. The third kappa shape index (κ3) is 3.06. The Bertz CT molecular complexity index is 667. The second kappa shape index (κ2) is 6.35. The molecule has 2 aliphatic carbocycles. The van der Waals surface area contributed by atoms with Crippen molar-refractivity contribution in [1.82, 2.24) is 0 Å². The van der Waals surface area contributed by atoms with Crippen molar-refractivity contribution in [3.8, 4) is 11.5 Å². The van der Waals surface area contributed by atoms with Crippen molar-refractivity contribution in [2.24, 2.45) is 11.8 Å². The molecule has 0 spiro atoms. The average Bonchev–Trinajstić information content (AvgIpc) is 3.53. The molecule has 24 heavy (non-hydrogen) atoms. The monoisotopic (exact) mass is 320 g/mol. The van der Waals surface area contributed by atoms with Crippen LogP contribution in [0.5, 0.6) is 11.5 Å². The Morgan fingerprint density at radius 3 is 1.21 bits per heavy atom. The summed E-state index contributed by atoms with van der Waals surface area (Å²) in [6.07, 6.45) is 5.25. The van der Waals surface area contributed by atoms with E-state index in [1.54, 1.807) is 25.4 Å². The van der Waals surface area contributed by atoms with Gasteiger partial charge in [-0.15, -0.1) is 0 Å². The van der Waals surface area contributed by atoms with Crippen LogP contribution in [0.25, 0.3) is 11.1 Å². The molecule has 4 rings (SSSR count). The summed E-state index contributed by atoms with van der Waals surface area (Å²) >= 11 is 0. The Hall–Kier alpha value is -2.22. The fourth-order valence-corrected chi connectivity index (χ4v) is 3.51. The summed E-state index contributed by atoms with van der Waals surface area (Å²) in [5, 5.41) is 0. The molecule has 2 aromatic rings. The number of benzene rings is 2. The molecular weight excluding hydrogens is 296 g/mol. The first-order valence-corrected chi connectivity index (χ1v) is 8.83. The van der Waals surface area contributed by atoms with Crippen LogP contribution in [0, 0.1) is 11.8 Å². The fourth-order valence-electron chi connectivity index (χ4n) is 3.51. The average molecular weight is 320 g/mol. The molecule has 2 aromatic carbocycles. The van der Waals surface area contributed by atoms with Crippen LogP contribution in [-0.4, -0.2) is 14.2 Å². The zero-order valence-corrected chi connectivity index (χ0v) is 14.4. The van der Waals surface area contributed by atoms with Crippen LogP contribution >= 0.6 is 0 Å². The molecule has 0 aliphatic heterocycles. The highest BCUT2D eigenvalue weighted by Gasteiger charge is 2.36. The highest BCUT2D eigenvalue weighted by atomic mass is 16.5. The maximum absolute atomic E-state index is 5.33. The summed E-state index contributed by atoms with van der Waals surface area (Å²) < 4.78 is 10.7. The van der Waals surface area contributed by atoms with Crippen molar-refractivity contribution in [1.29, 1.82) is 0 Å². The summed E-state index contributed by atoms with van der Waals surface area (Å²) in [6.45, 7) is 0. The molecule has 0 saturated heterocycles. The third-order valence-electron chi connectivity index (χ3n) is 5.06. The van der Waals surface area contributed by atoms with Gasteiger partial charge in [0.1, 0.15) is 11.5 Å². The van der Waals surface area contributed by atoms with Gasteiger partial charge in [-0.05, 0) is 84.1 Å². The van der Waals surface area contributed by atoms with E-state index in [4.69, 9.17) is 9.47 Å². The van der Waals surface area contributed by atoms with Gasteiger partial charge in [0.15, 0.2) is 0 Å². The first kappa shape index (κ1) is 15.3. The van der Waals surface area contributed by atoms with E-state index < -0.39 is 0 Å². The maximum atomic E-state index is 5.33. The Morgan fingerprint density at radius 2 is 0.958 bits per heavy atom. The summed E-state index contributed by atoms with van der Waals surface area (Å²) in [6, 6.07) is 17.2. The van der Waals surface area contributed by atoms with Gasteiger partial charge in [0, 0.05) is 0 Å². The van der Waals surface area contributed by atoms with E-state index in [1.165, 1.54) is 36.8 Å². The summed E-state index contributed by atoms with van der Waals surface area (Å²) in [7, 11) is 3.44. The first-order chi connectivity index (χ1) is 11.8. The number of hydrogen-bond donors (Lipinski definition) is 0. The molecule has 0 aromatic heterocycles. The van der Waals surface area contributed by atoms with Gasteiger partial charge < -0.3 is 9.47 Å². The summed E-state index contributed by atoms with van der Waals surface area (Å²) in [5.41, 5.74) is 5.84. The zero-order valence-electron chi connectivity index (χ0n) is 14.4. The standard InChI is InChI=1S/C22H24O2/c1-23-19-11-7-17(8-12-19)21(15-3-4-15)22(16-5-6-16)18-9-13-20(24-2)14-10-18/h7-16H,3-6H2,1-2H3/b22-21-. The van der Waals surface area contributed by atoms with Crippen molar-refractivity contribution >= 4 is 11.1 Å². The lowest BCUT2D eigenvalue weighted by Crippen LogP contribution is -1.97. The van der Waals surface area contributed by atoms with Crippen molar-refractivity contribution < 1.29 is 9.47 Å². The zero-order chi connectivity index (χ0) is 16.5. The van der Waals surface area contributed by atoms with E-state index in [9.17, 15) is 0 Å². The van der Waals surface area contributed by atoms with Gasteiger partial charge in [-0.25, -0.2) is 0 Å². The second-order valence-electron chi connectivity index (χ2n) is 6.83. The molecule has 2 aliphatic rings. The van der Waals surface area contributed by atoms with E-state index in [2.05, 4.69) is 48.5 Å². The van der Waals surface area contributed by atoms with Crippen LogP contribution in [0.15, 0.2) is 48.5 Å². The number of ether oxygens (including phenoxy) is 2. The molecule has 0 bridgehead atoms. The predicted octanol–water partition coefficient (Wildman–Crippen LogP) is 5.43. The quantitative estimate of drug-likeness (QED) is 0.660. The molecule has 0 unspecified atom stereocenters. The topological polar surface area (TPSA) is 18.5 Å². The minimum Gasteiger partial charge on any atom is -0.497 e. The predicted molar refractivity (Wildman–Crippen MR) is 98.3 cm³/mol. The molecule has 124 valence electrons. The van der Waals surface area contributed by atoms with Crippen molar-refractivity contribution in [3.05, 3.63) is 59.7 Å². The van der Waals surface area contributed by atoms with E-state index in [0.29, 0.717) is 0 Å². The van der Waals surface area contributed by atoms with Crippen LogP contribution < -0.4 is 9.47 Å². The van der Waals surface area contributed by atoms with Gasteiger partial charge >= 0.3 is 0 Å². The lowest BCUT2D eigenvalue weighted by atomic mass is 9.88. The molecule has 0 radical (unpaired) electrons. The van der Waals surface area contributed by atoms with Crippen LogP contribution in [0.4, 0.5) is 0 Å². The van der Waals surface area contributed by atoms with Gasteiger partial charge in [-0.1, -0.05) is 24.3 Å². The smallest absolute Gasteiger partial charge is 0.118 e. The van der Waals surface area contributed by atoms with Gasteiger partial charge in [0.2, 0.25) is 0 Å². The van der Waals surface area contributed by atoms with Gasteiger partial charge in [0.25, 0.3) is 0 Å². The molecule has 0 heterocycles. The second-order valence-corrected chi connectivity index (χ2v) is 6.83. The molecule has 2 saturated carbocycles. The van der Waals surface area contributed by atoms with E-state index in [0.717, 1.165) is 23.3 Å². The Labute approximate surface area is 144 Å². The van der Waals surface area contributed by atoms with Crippen LogP contribution in [0.1, 0.15) is 36.8 Å². The number of rotatable bonds is 6. The van der Waals surface area contributed by atoms with Crippen LogP contribution in [0.2, 0.25) is 0 Å². The molecule has 2 fully saturated rings. The SMILES string of the molecule is COc1ccc(/C(=C(\c2ccc(OC)cc2)C2CC2)C2CC2)cc1. The van der Waals surface area contributed by atoms with Crippen molar-refractivity contribution in [3.63, 3.8) is 0 Å². The lowest BCUT2D eigenvalue weighted by molar-refractivity contribution is 0.414. The number of allylic oxidation sites excluding steroid dienone is 2. The number of hydrogen-bond acceptors (Lipinski definition) is 2. The minimum atomic E-state index is 0.719. The first-order valence-electron chi connectivity index (χ1n) is 8.83. The Kier molecular flexibility index (Phi) is 4.05. The van der Waals surface area contributed by atoms with E-state index >= 15 is 0 Å². The largest absolute Gasteiger partial charge is 0.497 e. The Morgan fingerprint density at radius 1 is 0.625 bits per heavy atom. The normalized spacial score (nSPS) is 18.1. The summed E-state index contributed by atoms with van der Waals surface area (Å²) in [4.78, 5) is 0. The highest BCUT2D eigenvalue weighted by molar-refractivity contribution is 5.94. The molecule has 0 atom stereocenters. The van der Waals surface area contributed by atoms with E-state index in [-0.39, 0.29) is 0 Å². The molecule has 2 nitrogen and oxygen atoms in total. The third-order valence-corrected chi connectivity index (χ3v) is 5.06. The van der Waals surface area contributed by atoms with Crippen molar-refractivity contribution in [2.75, 3.05) is 14.2 Å². The molecule has 0 amide bonds. The lowest BCUT2D eigenvalue weighted by Gasteiger charge is -2.17.